The summed E-state index contributed by atoms with van der Waals surface area (Å²) >= 11 is 6.28. The average Bonchev–Trinajstić information content (AvgIpc) is 3.13. The Kier molecular flexibility index (Phi) is 5.35. The van der Waals surface area contributed by atoms with Gasteiger partial charge in [0, 0.05) is 30.9 Å². The van der Waals surface area contributed by atoms with E-state index in [1.807, 2.05) is 0 Å². The number of anilines is 1. The minimum atomic E-state index is -4.10. The lowest BCUT2D eigenvalue weighted by molar-refractivity contribution is -0.116. The van der Waals surface area contributed by atoms with Crippen LogP contribution in [0.1, 0.15) is 29.2 Å². The van der Waals surface area contributed by atoms with E-state index in [-0.39, 0.29) is 15.8 Å². The van der Waals surface area contributed by atoms with Gasteiger partial charge in [0.1, 0.15) is 10.7 Å². The molecule has 2 heterocycles. The summed E-state index contributed by atoms with van der Waals surface area (Å²) in [5.41, 5.74) is 2.32. The number of nitrogens with one attached hydrogen (secondary N) is 2. The molecule has 1 aliphatic rings. The summed E-state index contributed by atoms with van der Waals surface area (Å²) in [7, 11) is -2.39. The van der Waals surface area contributed by atoms with Crippen molar-refractivity contribution in [2.45, 2.75) is 23.8 Å². The van der Waals surface area contributed by atoms with Gasteiger partial charge in [0.15, 0.2) is 0 Å². The Balaban J connectivity index is 1.74. The van der Waals surface area contributed by atoms with Crippen LogP contribution in [0.15, 0.2) is 53.7 Å². The Hall–Kier alpha value is -2.75. The van der Waals surface area contributed by atoms with Crippen molar-refractivity contribution in [2.24, 2.45) is 7.05 Å². The summed E-state index contributed by atoms with van der Waals surface area (Å²) < 4.78 is 44.1. The number of carbonyl (C=O) groups is 1. The van der Waals surface area contributed by atoms with Crippen LogP contribution in [-0.4, -0.2) is 24.1 Å². The molecule has 1 unspecified atom stereocenters. The quantitative estimate of drug-likeness (QED) is 0.627. The van der Waals surface area contributed by atoms with Crippen LogP contribution in [0, 0.1) is 5.82 Å². The number of benzene rings is 2. The predicted octanol–water partition coefficient (Wildman–Crippen LogP) is 3.17. The van der Waals surface area contributed by atoms with E-state index in [0.29, 0.717) is 29.7 Å². The van der Waals surface area contributed by atoms with Crippen LogP contribution >= 0.6 is 11.6 Å². The van der Waals surface area contributed by atoms with Crippen LogP contribution in [0.4, 0.5) is 10.1 Å². The zero-order valence-corrected chi connectivity index (χ0v) is 17.5. The van der Waals surface area contributed by atoms with Crippen molar-refractivity contribution in [3.63, 3.8) is 0 Å². The second-order valence-electron chi connectivity index (χ2n) is 7.04. The van der Waals surface area contributed by atoms with Crippen molar-refractivity contribution in [1.29, 1.82) is 0 Å². The van der Waals surface area contributed by atoms with Gasteiger partial charge in [-0.3, -0.25) is 9.48 Å². The van der Waals surface area contributed by atoms with E-state index in [1.165, 1.54) is 36.5 Å². The highest BCUT2D eigenvalue weighted by Crippen LogP contribution is 2.33. The Morgan fingerprint density at radius 3 is 2.60 bits per heavy atom. The number of rotatable bonds is 5. The fourth-order valence-electron chi connectivity index (χ4n) is 3.38. The molecule has 1 aliphatic heterocycles. The maximum absolute atomic E-state index is 13.4. The molecule has 0 fully saturated rings. The summed E-state index contributed by atoms with van der Waals surface area (Å²) in [6, 6.07) is 7.63. The molecule has 0 spiro atoms. The third kappa shape index (κ3) is 4.09. The Bertz CT molecular complexity index is 1230. The zero-order valence-electron chi connectivity index (χ0n) is 15.9. The Labute approximate surface area is 177 Å². The van der Waals surface area contributed by atoms with Crippen LogP contribution in [0.2, 0.25) is 5.02 Å². The van der Waals surface area contributed by atoms with Crippen LogP contribution < -0.4 is 10.0 Å². The lowest BCUT2D eigenvalue weighted by Gasteiger charge is -2.21. The highest BCUT2D eigenvalue weighted by atomic mass is 35.5. The summed E-state index contributed by atoms with van der Waals surface area (Å²) in [6.07, 6.45) is 4.01. The van der Waals surface area contributed by atoms with E-state index >= 15 is 0 Å². The summed E-state index contributed by atoms with van der Waals surface area (Å²) in [6.45, 7) is 0. The minimum Gasteiger partial charge on any atom is -0.326 e. The predicted molar refractivity (Wildman–Crippen MR) is 110 cm³/mol. The maximum atomic E-state index is 13.4. The van der Waals surface area contributed by atoms with Gasteiger partial charge in [0.25, 0.3) is 0 Å². The molecule has 156 valence electrons. The Morgan fingerprint density at radius 2 is 1.93 bits per heavy atom. The van der Waals surface area contributed by atoms with Crippen molar-refractivity contribution < 1.29 is 17.6 Å². The molecule has 0 bridgehead atoms. The van der Waals surface area contributed by atoms with Gasteiger partial charge in [-0.05, 0) is 41.8 Å². The van der Waals surface area contributed by atoms with Gasteiger partial charge < -0.3 is 5.32 Å². The molecule has 2 N–H and O–H groups in total. The molecule has 2 aromatic carbocycles. The first kappa shape index (κ1) is 20.5. The van der Waals surface area contributed by atoms with Gasteiger partial charge in [-0.1, -0.05) is 23.7 Å². The van der Waals surface area contributed by atoms with Gasteiger partial charge >= 0.3 is 0 Å². The van der Waals surface area contributed by atoms with Crippen LogP contribution in [0.3, 0.4) is 0 Å². The monoisotopic (exact) mass is 448 g/mol. The normalized spacial score (nSPS) is 14.8. The molecule has 0 saturated carbocycles. The van der Waals surface area contributed by atoms with Gasteiger partial charge in [-0.2, -0.15) is 9.82 Å². The number of amides is 1. The zero-order chi connectivity index (χ0) is 21.5. The van der Waals surface area contributed by atoms with Crippen LogP contribution in [0.5, 0.6) is 0 Å². The van der Waals surface area contributed by atoms with Crippen molar-refractivity contribution in [1.82, 2.24) is 14.5 Å². The van der Waals surface area contributed by atoms with Crippen LogP contribution in [0.25, 0.3) is 0 Å². The molecular weight excluding hydrogens is 431 g/mol. The number of fused-ring (bicyclic) bond motifs is 1. The first-order valence-electron chi connectivity index (χ1n) is 9.11. The SMILES string of the molecule is Cn1cc(C(NS(=O)(=O)c2cc3c(cc2Cl)CCC(=O)N3)c2ccc(F)cc2)cn1. The molecule has 0 radical (unpaired) electrons. The molecule has 1 atom stereocenters. The lowest BCUT2D eigenvalue weighted by atomic mass is 10.0. The van der Waals surface area contributed by atoms with Crippen LogP contribution in [-0.2, 0) is 28.3 Å². The molecular formula is C20H18ClFN4O3S. The molecule has 30 heavy (non-hydrogen) atoms. The van der Waals surface area contributed by atoms with Gasteiger partial charge in [0.2, 0.25) is 15.9 Å². The van der Waals surface area contributed by atoms with E-state index in [0.717, 1.165) is 5.56 Å². The summed E-state index contributed by atoms with van der Waals surface area (Å²) in [4.78, 5) is 11.5. The van der Waals surface area contributed by atoms with Crippen molar-refractivity contribution in [3.05, 3.63) is 76.3 Å². The van der Waals surface area contributed by atoms with E-state index in [9.17, 15) is 17.6 Å². The van der Waals surface area contributed by atoms with Crippen molar-refractivity contribution >= 4 is 33.2 Å². The van der Waals surface area contributed by atoms with Gasteiger partial charge in [0.05, 0.1) is 17.3 Å². The first-order valence-corrected chi connectivity index (χ1v) is 11.0. The molecule has 0 aliphatic carbocycles. The number of hydrogen-bond acceptors (Lipinski definition) is 4. The van der Waals surface area contributed by atoms with E-state index in [4.69, 9.17) is 11.6 Å². The molecule has 4 rings (SSSR count). The summed E-state index contributed by atoms with van der Waals surface area (Å²) in [5, 5.41) is 6.84. The Morgan fingerprint density at radius 1 is 1.20 bits per heavy atom. The lowest BCUT2D eigenvalue weighted by Crippen LogP contribution is -2.30. The molecule has 0 saturated heterocycles. The second-order valence-corrected chi connectivity index (χ2v) is 9.13. The second kappa shape index (κ2) is 7.82. The van der Waals surface area contributed by atoms with E-state index in [1.54, 1.807) is 24.0 Å². The number of carbonyl (C=O) groups excluding carboxylic acids is 1. The molecule has 3 aromatic rings. The minimum absolute atomic E-state index is 0.0569. The number of nitrogens with zero attached hydrogens (tertiary/aromatic N) is 2. The third-order valence-corrected chi connectivity index (χ3v) is 6.76. The molecule has 1 aromatic heterocycles. The van der Waals surface area contributed by atoms with Crippen molar-refractivity contribution in [3.8, 4) is 0 Å². The van der Waals surface area contributed by atoms with Crippen molar-refractivity contribution in [2.75, 3.05) is 5.32 Å². The molecule has 10 heteroatoms. The number of hydrogen-bond donors (Lipinski definition) is 2. The number of sulfonamides is 1. The molecule has 1 amide bonds. The first-order chi connectivity index (χ1) is 14.2. The van der Waals surface area contributed by atoms with Gasteiger partial charge in [-0.15, -0.1) is 0 Å². The standard InChI is InChI=1S/C20H18ClFN4O3S/c1-26-11-14(10-23-26)20(12-2-5-15(22)6-3-12)25-30(28,29)18-9-17-13(8-16(18)21)4-7-19(27)24-17/h2-3,5-6,8-11,20,25H,4,7H2,1H3,(H,24,27). The maximum Gasteiger partial charge on any atom is 0.242 e. The average molecular weight is 449 g/mol. The number of aryl methyl sites for hydroxylation is 2. The topological polar surface area (TPSA) is 93.1 Å². The smallest absolute Gasteiger partial charge is 0.242 e. The fourth-order valence-corrected chi connectivity index (χ4v) is 5.17. The number of aromatic nitrogens is 2. The summed E-state index contributed by atoms with van der Waals surface area (Å²) in [5.74, 6) is -0.610. The highest BCUT2D eigenvalue weighted by Gasteiger charge is 2.28. The van der Waals surface area contributed by atoms with Gasteiger partial charge in [-0.25, -0.2) is 12.8 Å². The van der Waals surface area contributed by atoms with E-state index in [2.05, 4.69) is 15.1 Å². The largest absolute Gasteiger partial charge is 0.326 e. The highest BCUT2D eigenvalue weighted by molar-refractivity contribution is 7.89. The number of halogens is 2. The third-order valence-electron chi connectivity index (χ3n) is 4.88. The van der Waals surface area contributed by atoms with E-state index < -0.39 is 21.9 Å². The fraction of sp³-hybridized carbons (Fsp3) is 0.200. The molecule has 7 nitrogen and oxygen atoms in total.